The molecule has 2 heterocycles. The summed E-state index contributed by atoms with van der Waals surface area (Å²) in [6.07, 6.45) is 4.68. The van der Waals surface area contributed by atoms with Gasteiger partial charge in [0.1, 0.15) is 6.29 Å². The lowest BCUT2D eigenvalue weighted by atomic mass is 10.2. The zero-order valence-electron chi connectivity index (χ0n) is 10.1. The molecule has 0 N–H and O–H groups in total. The van der Waals surface area contributed by atoms with E-state index in [9.17, 15) is 4.79 Å². The van der Waals surface area contributed by atoms with Gasteiger partial charge in [0.25, 0.3) is 0 Å². The van der Waals surface area contributed by atoms with E-state index in [1.807, 2.05) is 42.6 Å². The van der Waals surface area contributed by atoms with Crippen molar-refractivity contribution in [3.05, 3.63) is 64.5 Å². The largest absolute Gasteiger partial charge is 0.341 e. The Bertz CT molecular complexity index is 731. The van der Waals surface area contributed by atoms with Crippen LogP contribution in [0.5, 0.6) is 0 Å². The second kappa shape index (κ2) is 4.97. The van der Waals surface area contributed by atoms with Gasteiger partial charge in [0, 0.05) is 27.9 Å². The maximum Gasteiger partial charge on any atom is 0.150 e. The van der Waals surface area contributed by atoms with E-state index >= 15 is 0 Å². The Hall–Kier alpha value is -1.94. The highest BCUT2D eigenvalue weighted by molar-refractivity contribution is 9.10. The smallest absolute Gasteiger partial charge is 0.150 e. The van der Waals surface area contributed by atoms with Crippen LogP contribution in [0, 0.1) is 0 Å². The number of carbonyl (C=O) groups excluding carboxylic acids is 1. The van der Waals surface area contributed by atoms with Gasteiger partial charge in [0.05, 0.1) is 12.2 Å². The molecule has 1 aromatic carbocycles. The van der Waals surface area contributed by atoms with Gasteiger partial charge in [-0.15, -0.1) is 0 Å². The molecule has 0 radical (unpaired) electrons. The van der Waals surface area contributed by atoms with Crippen LogP contribution >= 0.6 is 15.9 Å². The first-order chi connectivity index (χ1) is 9.26. The standard InChI is InChI=1S/C15H11BrN2O/c16-13-3-4-14(17-8-13)9-18-6-5-12-2-1-11(10-19)7-15(12)18/h1-8,10H,9H2. The number of pyridine rings is 1. The molecule has 3 nitrogen and oxygen atoms in total. The molecule has 0 amide bonds. The minimum Gasteiger partial charge on any atom is -0.341 e. The third-order valence-electron chi connectivity index (χ3n) is 3.06. The average Bonchev–Trinajstić information content (AvgIpc) is 2.84. The van der Waals surface area contributed by atoms with Crippen molar-refractivity contribution in [3.63, 3.8) is 0 Å². The molecule has 0 spiro atoms. The van der Waals surface area contributed by atoms with Crippen molar-refractivity contribution in [3.8, 4) is 0 Å². The second-order valence-electron chi connectivity index (χ2n) is 4.35. The molecule has 0 unspecified atom stereocenters. The van der Waals surface area contributed by atoms with Crippen LogP contribution in [0.15, 0.2) is 53.3 Å². The molecule has 0 aliphatic heterocycles. The summed E-state index contributed by atoms with van der Waals surface area (Å²) in [5.41, 5.74) is 2.72. The van der Waals surface area contributed by atoms with E-state index in [0.717, 1.165) is 27.4 Å². The molecule has 2 aromatic heterocycles. The van der Waals surface area contributed by atoms with Gasteiger partial charge in [-0.25, -0.2) is 0 Å². The predicted molar refractivity (Wildman–Crippen MR) is 78.4 cm³/mol. The fraction of sp³-hybridized carbons (Fsp3) is 0.0667. The Morgan fingerprint density at radius 2 is 2.11 bits per heavy atom. The van der Waals surface area contributed by atoms with E-state index in [-0.39, 0.29) is 0 Å². The fourth-order valence-corrected chi connectivity index (χ4v) is 2.32. The van der Waals surface area contributed by atoms with Crippen LogP contribution in [0.25, 0.3) is 10.9 Å². The van der Waals surface area contributed by atoms with E-state index < -0.39 is 0 Å². The molecule has 0 fully saturated rings. The van der Waals surface area contributed by atoms with Crippen molar-refractivity contribution in [2.45, 2.75) is 6.54 Å². The average molecular weight is 315 g/mol. The number of aromatic nitrogens is 2. The zero-order valence-corrected chi connectivity index (χ0v) is 11.7. The lowest BCUT2D eigenvalue weighted by Gasteiger charge is -2.05. The van der Waals surface area contributed by atoms with Gasteiger partial charge in [0.15, 0.2) is 0 Å². The molecule has 0 saturated heterocycles. The van der Waals surface area contributed by atoms with Gasteiger partial charge < -0.3 is 4.57 Å². The number of hydrogen-bond donors (Lipinski definition) is 0. The fourth-order valence-electron chi connectivity index (χ4n) is 2.09. The highest BCUT2D eigenvalue weighted by Crippen LogP contribution is 2.18. The van der Waals surface area contributed by atoms with Crippen molar-refractivity contribution in [2.24, 2.45) is 0 Å². The van der Waals surface area contributed by atoms with E-state index in [0.29, 0.717) is 12.1 Å². The Kier molecular flexibility index (Phi) is 3.17. The van der Waals surface area contributed by atoms with Gasteiger partial charge >= 0.3 is 0 Å². The molecule has 0 bridgehead atoms. The van der Waals surface area contributed by atoms with Crippen molar-refractivity contribution in [1.29, 1.82) is 0 Å². The molecule has 0 aliphatic carbocycles. The molecule has 3 rings (SSSR count). The molecule has 4 heteroatoms. The Labute approximate surface area is 119 Å². The number of aldehydes is 1. The molecular formula is C15H11BrN2O. The third-order valence-corrected chi connectivity index (χ3v) is 3.52. The van der Waals surface area contributed by atoms with E-state index in [1.54, 1.807) is 6.20 Å². The topological polar surface area (TPSA) is 34.9 Å². The maximum atomic E-state index is 10.9. The molecule has 3 aromatic rings. The lowest BCUT2D eigenvalue weighted by molar-refractivity contribution is 0.112. The van der Waals surface area contributed by atoms with Crippen LogP contribution in [0.2, 0.25) is 0 Å². The van der Waals surface area contributed by atoms with Crippen molar-refractivity contribution < 1.29 is 4.79 Å². The van der Waals surface area contributed by atoms with Gasteiger partial charge in [-0.3, -0.25) is 9.78 Å². The Morgan fingerprint density at radius 3 is 2.84 bits per heavy atom. The van der Waals surface area contributed by atoms with Crippen molar-refractivity contribution >= 4 is 33.1 Å². The Balaban J connectivity index is 2.00. The number of nitrogens with zero attached hydrogens (tertiary/aromatic N) is 2. The molecular weight excluding hydrogens is 304 g/mol. The Morgan fingerprint density at radius 1 is 1.21 bits per heavy atom. The van der Waals surface area contributed by atoms with Crippen LogP contribution in [0.4, 0.5) is 0 Å². The van der Waals surface area contributed by atoms with Crippen molar-refractivity contribution in [1.82, 2.24) is 9.55 Å². The summed E-state index contributed by atoms with van der Waals surface area (Å²) in [5, 5.41) is 1.13. The molecule has 19 heavy (non-hydrogen) atoms. The minimum absolute atomic E-state index is 0.691. The summed E-state index contributed by atoms with van der Waals surface area (Å²) >= 11 is 3.37. The summed E-state index contributed by atoms with van der Waals surface area (Å²) in [6, 6.07) is 11.7. The van der Waals surface area contributed by atoms with E-state index in [2.05, 4.69) is 25.5 Å². The quantitative estimate of drug-likeness (QED) is 0.691. The van der Waals surface area contributed by atoms with Gasteiger partial charge in [-0.2, -0.15) is 0 Å². The molecule has 0 atom stereocenters. The highest BCUT2D eigenvalue weighted by Gasteiger charge is 2.03. The van der Waals surface area contributed by atoms with Gasteiger partial charge in [0.2, 0.25) is 0 Å². The van der Waals surface area contributed by atoms with Crippen LogP contribution < -0.4 is 0 Å². The number of hydrogen-bond acceptors (Lipinski definition) is 2. The van der Waals surface area contributed by atoms with Gasteiger partial charge in [-0.1, -0.05) is 12.1 Å². The summed E-state index contributed by atoms with van der Waals surface area (Å²) in [4.78, 5) is 15.2. The van der Waals surface area contributed by atoms with Crippen molar-refractivity contribution in [2.75, 3.05) is 0 Å². The number of fused-ring (bicyclic) bond motifs is 1. The number of carbonyl (C=O) groups is 1. The first-order valence-electron chi connectivity index (χ1n) is 5.91. The van der Waals surface area contributed by atoms with Gasteiger partial charge in [-0.05, 0) is 45.6 Å². The lowest BCUT2D eigenvalue weighted by Crippen LogP contribution is -2.00. The van der Waals surface area contributed by atoms with Crippen LogP contribution in [0.1, 0.15) is 16.1 Å². The van der Waals surface area contributed by atoms with E-state index in [4.69, 9.17) is 0 Å². The van der Waals surface area contributed by atoms with Crippen LogP contribution in [-0.4, -0.2) is 15.8 Å². The monoisotopic (exact) mass is 314 g/mol. The van der Waals surface area contributed by atoms with E-state index in [1.165, 1.54) is 0 Å². The summed E-state index contributed by atoms with van der Waals surface area (Å²) < 4.78 is 3.07. The maximum absolute atomic E-state index is 10.9. The first kappa shape index (κ1) is 12.1. The molecule has 0 saturated carbocycles. The van der Waals surface area contributed by atoms with Crippen LogP contribution in [0.3, 0.4) is 0 Å². The summed E-state index contributed by atoms with van der Waals surface area (Å²) in [6.45, 7) is 0.694. The minimum atomic E-state index is 0.691. The summed E-state index contributed by atoms with van der Waals surface area (Å²) in [5.74, 6) is 0. The molecule has 0 aliphatic rings. The highest BCUT2D eigenvalue weighted by atomic mass is 79.9. The molecule has 94 valence electrons. The normalized spacial score (nSPS) is 10.8. The SMILES string of the molecule is O=Cc1ccc2ccn(Cc3ccc(Br)cn3)c2c1. The first-order valence-corrected chi connectivity index (χ1v) is 6.70. The number of rotatable bonds is 3. The second-order valence-corrected chi connectivity index (χ2v) is 5.26. The number of benzene rings is 1. The number of halogens is 1. The summed E-state index contributed by atoms with van der Waals surface area (Å²) in [7, 11) is 0. The van der Waals surface area contributed by atoms with Crippen LogP contribution in [-0.2, 0) is 6.54 Å². The predicted octanol–water partition coefficient (Wildman–Crippen LogP) is 3.66. The zero-order chi connectivity index (χ0) is 13.2. The third kappa shape index (κ3) is 2.44.